The van der Waals surface area contributed by atoms with Crippen molar-refractivity contribution in [2.45, 2.75) is 39.2 Å². The molecule has 1 atom stereocenters. The Balaban J connectivity index is 2.73. The lowest BCUT2D eigenvalue weighted by atomic mass is 9.92. The molecular weight excluding hydrogens is 216 g/mol. The van der Waals surface area contributed by atoms with Gasteiger partial charge in [0.15, 0.2) is 0 Å². The molecule has 0 bridgehead atoms. The van der Waals surface area contributed by atoms with Crippen molar-refractivity contribution in [3.8, 4) is 0 Å². The smallest absolute Gasteiger partial charge is 0.311 e. The van der Waals surface area contributed by atoms with Crippen LogP contribution in [0.4, 0.5) is 0 Å². The minimum Gasteiger partial charge on any atom is -0.481 e. The summed E-state index contributed by atoms with van der Waals surface area (Å²) in [5.74, 6) is -1.26. The molecule has 3 heteroatoms. The van der Waals surface area contributed by atoms with Gasteiger partial charge in [-0.2, -0.15) is 0 Å². The van der Waals surface area contributed by atoms with E-state index in [-0.39, 0.29) is 6.10 Å². The molecule has 0 saturated heterocycles. The fourth-order valence-corrected chi connectivity index (χ4v) is 1.81. The van der Waals surface area contributed by atoms with Crippen molar-refractivity contribution in [3.63, 3.8) is 0 Å². The predicted molar refractivity (Wildman–Crippen MR) is 67.3 cm³/mol. The molecule has 0 saturated carbocycles. The zero-order chi connectivity index (χ0) is 12.8. The quantitative estimate of drug-likeness (QED) is 0.826. The minimum absolute atomic E-state index is 0.140. The first-order valence-corrected chi connectivity index (χ1v) is 5.92. The fourth-order valence-electron chi connectivity index (χ4n) is 1.81. The van der Waals surface area contributed by atoms with Gasteiger partial charge in [0.05, 0.1) is 12.0 Å². The van der Waals surface area contributed by atoms with Crippen LogP contribution in [0, 0.1) is 6.92 Å². The molecular formula is C14H20O3. The van der Waals surface area contributed by atoms with Gasteiger partial charge in [-0.25, -0.2) is 0 Å². The number of benzene rings is 1. The number of carboxylic acid groups (broad SMARTS) is 1. The van der Waals surface area contributed by atoms with Crippen molar-refractivity contribution < 1.29 is 14.6 Å². The van der Waals surface area contributed by atoms with Crippen LogP contribution >= 0.6 is 0 Å². The van der Waals surface area contributed by atoms with Gasteiger partial charge >= 0.3 is 5.97 Å². The Morgan fingerprint density at radius 1 is 1.35 bits per heavy atom. The molecule has 0 aliphatic carbocycles. The van der Waals surface area contributed by atoms with Crippen LogP contribution in [-0.4, -0.2) is 23.8 Å². The molecule has 0 radical (unpaired) electrons. The lowest BCUT2D eigenvalue weighted by molar-refractivity contribution is -0.139. The van der Waals surface area contributed by atoms with Gasteiger partial charge in [-0.05, 0) is 38.3 Å². The van der Waals surface area contributed by atoms with Crippen LogP contribution in [0.2, 0.25) is 0 Å². The minimum atomic E-state index is -0.786. The summed E-state index contributed by atoms with van der Waals surface area (Å²) in [6.45, 7) is 6.31. The van der Waals surface area contributed by atoms with E-state index in [1.807, 2.05) is 45.0 Å². The average molecular weight is 236 g/mol. The molecule has 0 aromatic heterocycles. The molecule has 3 nitrogen and oxygen atoms in total. The van der Waals surface area contributed by atoms with E-state index < -0.39 is 11.9 Å². The van der Waals surface area contributed by atoms with Crippen molar-refractivity contribution in [1.29, 1.82) is 0 Å². The van der Waals surface area contributed by atoms with Crippen LogP contribution < -0.4 is 0 Å². The molecule has 94 valence electrons. The topological polar surface area (TPSA) is 46.5 Å². The normalized spacial score (nSPS) is 12.7. The van der Waals surface area contributed by atoms with Gasteiger partial charge in [0, 0.05) is 6.61 Å². The molecule has 17 heavy (non-hydrogen) atoms. The lowest BCUT2D eigenvalue weighted by Crippen LogP contribution is -2.16. The Morgan fingerprint density at radius 3 is 2.53 bits per heavy atom. The molecule has 1 unspecified atom stereocenters. The number of carbonyl (C=O) groups is 1. The van der Waals surface area contributed by atoms with E-state index in [4.69, 9.17) is 4.74 Å². The van der Waals surface area contributed by atoms with Gasteiger partial charge in [-0.1, -0.05) is 24.3 Å². The highest BCUT2D eigenvalue weighted by atomic mass is 16.5. The summed E-state index contributed by atoms with van der Waals surface area (Å²) in [5.41, 5.74) is 1.90. The first-order chi connectivity index (χ1) is 8.02. The maximum absolute atomic E-state index is 11.3. The molecule has 1 rings (SSSR count). The molecule has 1 aromatic carbocycles. The molecule has 1 N–H and O–H groups in total. The third kappa shape index (κ3) is 4.19. The summed E-state index contributed by atoms with van der Waals surface area (Å²) in [6, 6.07) is 7.61. The first kappa shape index (κ1) is 13.7. The van der Waals surface area contributed by atoms with Crippen LogP contribution in [-0.2, 0) is 9.53 Å². The Morgan fingerprint density at radius 2 is 2.00 bits per heavy atom. The van der Waals surface area contributed by atoms with Crippen LogP contribution in [0.1, 0.15) is 37.3 Å². The largest absolute Gasteiger partial charge is 0.481 e. The van der Waals surface area contributed by atoms with Gasteiger partial charge in [0.25, 0.3) is 0 Å². The number of aryl methyl sites for hydroxylation is 1. The Labute approximate surface area is 102 Å². The van der Waals surface area contributed by atoms with E-state index in [0.29, 0.717) is 13.0 Å². The zero-order valence-electron chi connectivity index (χ0n) is 10.6. The summed E-state index contributed by atoms with van der Waals surface area (Å²) in [5, 5.41) is 9.26. The number of ether oxygens (including phenoxy) is 1. The Hall–Kier alpha value is -1.35. The summed E-state index contributed by atoms with van der Waals surface area (Å²) in [4.78, 5) is 11.3. The zero-order valence-corrected chi connectivity index (χ0v) is 10.6. The van der Waals surface area contributed by atoms with Gasteiger partial charge < -0.3 is 9.84 Å². The molecule has 1 aromatic rings. The van der Waals surface area contributed by atoms with Gasteiger partial charge in [-0.15, -0.1) is 0 Å². The highest BCUT2D eigenvalue weighted by Crippen LogP contribution is 2.23. The second-order valence-corrected chi connectivity index (χ2v) is 4.46. The summed E-state index contributed by atoms with van der Waals surface area (Å²) in [7, 11) is 0. The van der Waals surface area contributed by atoms with Gasteiger partial charge in [0.2, 0.25) is 0 Å². The molecule has 0 fully saturated rings. The lowest BCUT2D eigenvalue weighted by Gasteiger charge is -2.16. The number of carboxylic acids is 1. The average Bonchev–Trinajstić information content (AvgIpc) is 2.25. The fraction of sp³-hybridized carbons (Fsp3) is 0.500. The second kappa shape index (κ2) is 6.40. The maximum atomic E-state index is 11.3. The monoisotopic (exact) mass is 236 g/mol. The van der Waals surface area contributed by atoms with Crippen molar-refractivity contribution in [2.24, 2.45) is 0 Å². The predicted octanol–water partition coefficient (Wildman–Crippen LogP) is 2.98. The van der Waals surface area contributed by atoms with Crippen LogP contribution in [0.3, 0.4) is 0 Å². The van der Waals surface area contributed by atoms with Gasteiger partial charge in [-0.3, -0.25) is 4.79 Å². The summed E-state index contributed by atoms with van der Waals surface area (Å²) >= 11 is 0. The van der Waals surface area contributed by atoms with Crippen LogP contribution in [0.5, 0.6) is 0 Å². The number of aliphatic carboxylic acids is 1. The molecule has 0 amide bonds. The van der Waals surface area contributed by atoms with Crippen LogP contribution in [0.25, 0.3) is 0 Å². The van der Waals surface area contributed by atoms with E-state index >= 15 is 0 Å². The van der Waals surface area contributed by atoms with Crippen molar-refractivity contribution in [3.05, 3.63) is 35.4 Å². The van der Waals surface area contributed by atoms with Gasteiger partial charge in [0.1, 0.15) is 0 Å². The van der Waals surface area contributed by atoms with Crippen molar-refractivity contribution in [2.75, 3.05) is 6.61 Å². The number of hydrogen-bond acceptors (Lipinski definition) is 2. The highest BCUT2D eigenvalue weighted by Gasteiger charge is 2.21. The summed E-state index contributed by atoms with van der Waals surface area (Å²) < 4.78 is 5.42. The van der Waals surface area contributed by atoms with E-state index in [0.717, 1.165) is 11.1 Å². The first-order valence-electron chi connectivity index (χ1n) is 5.92. The SMILES string of the molecule is Cc1ccccc1C(CCOC(C)C)C(=O)O. The second-order valence-electron chi connectivity index (χ2n) is 4.46. The van der Waals surface area contributed by atoms with Crippen molar-refractivity contribution >= 4 is 5.97 Å². The van der Waals surface area contributed by atoms with Crippen LogP contribution in [0.15, 0.2) is 24.3 Å². The third-order valence-corrected chi connectivity index (χ3v) is 2.72. The Kier molecular flexibility index (Phi) is 5.16. The number of hydrogen-bond donors (Lipinski definition) is 1. The highest BCUT2D eigenvalue weighted by molar-refractivity contribution is 5.76. The van der Waals surface area contributed by atoms with E-state index in [9.17, 15) is 9.90 Å². The van der Waals surface area contributed by atoms with E-state index in [1.165, 1.54) is 0 Å². The van der Waals surface area contributed by atoms with E-state index in [1.54, 1.807) is 0 Å². The van der Waals surface area contributed by atoms with Crippen molar-refractivity contribution in [1.82, 2.24) is 0 Å². The summed E-state index contributed by atoms with van der Waals surface area (Å²) in [6.07, 6.45) is 0.652. The molecule has 0 spiro atoms. The standard InChI is InChI=1S/C14H20O3/c1-10(2)17-9-8-13(14(15)16)12-7-5-4-6-11(12)3/h4-7,10,13H,8-9H2,1-3H3,(H,15,16). The molecule has 0 aliphatic heterocycles. The molecule has 0 aliphatic rings. The Bertz CT molecular complexity index is 371. The van der Waals surface area contributed by atoms with E-state index in [2.05, 4.69) is 0 Å². The molecule has 0 heterocycles. The maximum Gasteiger partial charge on any atom is 0.311 e. The number of rotatable bonds is 6. The third-order valence-electron chi connectivity index (χ3n) is 2.72.